The first-order chi connectivity index (χ1) is 8.52. The average molecular weight is 262 g/mol. The summed E-state index contributed by atoms with van der Waals surface area (Å²) < 4.78 is 22.9. The lowest BCUT2D eigenvalue weighted by Crippen LogP contribution is -2.13. The maximum atomic E-state index is 11.5. The van der Waals surface area contributed by atoms with E-state index >= 15 is 0 Å². The fourth-order valence-electron chi connectivity index (χ4n) is 1.66. The molecule has 0 unspecified atom stereocenters. The zero-order valence-corrected chi connectivity index (χ0v) is 10.1. The number of benzene rings is 2. The second-order valence-electron chi connectivity index (χ2n) is 3.68. The van der Waals surface area contributed by atoms with E-state index in [0.29, 0.717) is 11.1 Å². The van der Waals surface area contributed by atoms with E-state index in [0.717, 1.165) is 0 Å². The van der Waals surface area contributed by atoms with Crippen molar-refractivity contribution in [3.8, 4) is 11.1 Å². The summed E-state index contributed by atoms with van der Waals surface area (Å²) in [5.41, 5.74) is 1.44. The molecular weight excluding hydrogens is 252 g/mol. The molecule has 0 saturated carbocycles. The van der Waals surface area contributed by atoms with Crippen LogP contribution in [-0.2, 0) is 10.0 Å². The van der Waals surface area contributed by atoms with Crippen LogP contribution in [0.25, 0.3) is 11.1 Å². The molecule has 2 aromatic carbocycles. The molecular formula is C12H10N2O3S. The summed E-state index contributed by atoms with van der Waals surface area (Å²) in [4.78, 5) is 10.4. The Morgan fingerprint density at radius 2 is 1.56 bits per heavy atom. The van der Waals surface area contributed by atoms with Gasteiger partial charge in [-0.2, -0.15) is 0 Å². The molecule has 0 aromatic heterocycles. The van der Waals surface area contributed by atoms with Gasteiger partial charge in [0.25, 0.3) is 0 Å². The molecule has 0 bridgehead atoms. The average Bonchev–Trinajstić information content (AvgIpc) is 2.38. The molecule has 0 aliphatic carbocycles. The predicted molar refractivity (Wildman–Crippen MR) is 68.7 cm³/mol. The number of nitrogens with two attached hydrogens (primary N) is 1. The molecule has 0 amide bonds. The molecule has 18 heavy (non-hydrogen) atoms. The van der Waals surface area contributed by atoms with Crippen LogP contribution in [0.4, 0.5) is 5.69 Å². The van der Waals surface area contributed by atoms with Gasteiger partial charge >= 0.3 is 0 Å². The minimum atomic E-state index is -3.78. The Hall–Kier alpha value is -2.05. The van der Waals surface area contributed by atoms with Gasteiger partial charge in [0.15, 0.2) is 0 Å². The molecule has 0 spiro atoms. The summed E-state index contributed by atoms with van der Waals surface area (Å²) in [7, 11) is -3.78. The second-order valence-corrected chi connectivity index (χ2v) is 5.21. The first-order valence-corrected chi connectivity index (χ1v) is 6.62. The Morgan fingerprint density at radius 1 is 0.944 bits per heavy atom. The molecule has 2 aromatic rings. The van der Waals surface area contributed by atoms with Crippen molar-refractivity contribution in [3.05, 3.63) is 53.4 Å². The van der Waals surface area contributed by atoms with E-state index in [9.17, 15) is 13.3 Å². The van der Waals surface area contributed by atoms with Crippen molar-refractivity contribution < 1.29 is 8.42 Å². The molecule has 5 nitrogen and oxygen atoms in total. The largest absolute Gasteiger partial charge is 0.238 e. The Bertz CT molecular complexity index is 679. The van der Waals surface area contributed by atoms with Crippen molar-refractivity contribution >= 4 is 15.7 Å². The SMILES string of the molecule is NS(=O)(=O)c1ccccc1-c1ccc(N=O)cc1. The number of rotatable bonds is 3. The highest BCUT2D eigenvalue weighted by atomic mass is 32.2. The fourth-order valence-corrected chi connectivity index (χ4v) is 2.42. The van der Waals surface area contributed by atoms with Crippen LogP contribution >= 0.6 is 0 Å². The number of hydrogen-bond acceptors (Lipinski definition) is 4. The summed E-state index contributed by atoms with van der Waals surface area (Å²) in [5.74, 6) is 0. The summed E-state index contributed by atoms with van der Waals surface area (Å²) >= 11 is 0. The lowest BCUT2D eigenvalue weighted by molar-refractivity contribution is 0.598. The highest BCUT2D eigenvalue weighted by Gasteiger charge is 2.14. The number of primary sulfonamides is 1. The van der Waals surface area contributed by atoms with Crippen LogP contribution in [0.2, 0.25) is 0 Å². The standard InChI is InChI=1S/C12H10N2O3S/c13-18(16,17)12-4-2-1-3-11(12)9-5-7-10(14-15)8-6-9/h1-8H,(H2,13,16,17). The molecule has 6 heteroatoms. The fraction of sp³-hybridized carbons (Fsp3) is 0. The quantitative estimate of drug-likeness (QED) is 0.861. The molecule has 0 fully saturated rings. The van der Waals surface area contributed by atoms with Crippen molar-refractivity contribution in [1.82, 2.24) is 0 Å². The molecule has 0 heterocycles. The van der Waals surface area contributed by atoms with Gasteiger partial charge in [-0.25, -0.2) is 13.6 Å². The smallest absolute Gasteiger partial charge is 0.225 e. The van der Waals surface area contributed by atoms with Gasteiger partial charge in [0.1, 0.15) is 5.69 Å². The summed E-state index contributed by atoms with van der Waals surface area (Å²) in [5, 5.41) is 7.94. The van der Waals surface area contributed by atoms with Gasteiger partial charge in [-0.15, -0.1) is 4.91 Å². The minimum absolute atomic E-state index is 0.0526. The first-order valence-electron chi connectivity index (χ1n) is 5.08. The van der Waals surface area contributed by atoms with Crippen molar-refractivity contribution in [2.24, 2.45) is 10.3 Å². The molecule has 0 aliphatic heterocycles. The molecule has 92 valence electrons. The topological polar surface area (TPSA) is 89.6 Å². The molecule has 2 rings (SSSR count). The zero-order valence-electron chi connectivity index (χ0n) is 9.28. The second kappa shape index (κ2) is 4.67. The van der Waals surface area contributed by atoms with E-state index in [4.69, 9.17) is 5.14 Å². The Balaban J connectivity index is 2.60. The predicted octanol–water partition coefficient (Wildman–Crippen LogP) is 2.40. The van der Waals surface area contributed by atoms with Crippen LogP contribution in [-0.4, -0.2) is 8.42 Å². The lowest BCUT2D eigenvalue weighted by atomic mass is 10.1. The summed E-state index contributed by atoms with van der Waals surface area (Å²) in [6.07, 6.45) is 0. The van der Waals surface area contributed by atoms with Crippen molar-refractivity contribution in [2.45, 2.75) is 4.90 Å². The molecule has 0 saturated heterocycles. The minimum Gasteiger partial charge on any atom is -0.225 e. The molecule has 0 atom stereocenters. The normalized spacial score (nSPS) is 11.2. The number of nitrogens with zero attached hydrogens (tertiary/aromatic N) is 1. The maximum Gasteiger partial charge on any atom is 0.238 e. The van der Waals surface area contributed by atoms with Crippen LogP contribution in [0.15, 0.2) is 58.6 Å². The lowest BCUT2D eigenvalue weighted by Gasteiger charge is -2.07. The zero-order chi connectivity index (χ0) is 13.2. The molecule has 2 N–H and O–H groups in total. The van der Waals surface area contributed by atoms with E-state index in [2.05, 4.69) is 5.18 Å². The van der Waals surface area contributed by atoms with Crippen LogP contribution < -0.4 is 5.14 Å². The Labute approximate surface area is 104 Å². The number of sulfonamides is 1. The highest BCUT2D eigenvalue weighted by Crippen LogP contribution is 2.27. The van der Waals surface area contributed by atoms with Gasteiger partial charge in [0, 0.05) is 5.56 Å². The van der Waals surface area contributed by atoms with Gasteiger partial charge < -0.3 is 0 Å². The summed E-state index contributed by atoms with van der Waals surface area (Å²) in [6, 6.07) is 12.7. The first kappa shape index (κ1) is 12.4. The monoisotopic (exact) mass is 262 g/mol. The number of nitroso groups, excluding NO2 is 1. The van der Waals surface area contributed by atoms with Gasteiger partial charge in [0.2, 0.25) is 10.0 Å². The van der Waals surface area contributed by atoms with E-state index in [1.165, 1.54) is 18.2 Å². The van der Waals surface area contributed by atoms with Gasteiger partial charge in [-0.05, 0) is 28.9 Å². The van der Waals surface area contributed by atoms with Gasteiger partial charge in [0.05, 0.1) is 4.90 Å². The third kappa shape index (κ3) is 2.44. The van der Waals surface area contributed by atoms with E-state index in [1.54, 1.807) is 30.3 Å². The molecule has 0 aliphatic rings. The third-order valence-corrected chi connectivity index (χ3v) is 3.45. The maximum absolute atomic E-state index is 11.5. The van der Waals surface area contributed by atoms with Gasteiger partial charge in [-0.1, -0.05) is 30.3 Å². The Kier molecular flexibility index (Phi) is 3.22. The van der Waals surface area contributed by atoms with Crippen LogP contribution in [0.5, 0.6) is 0 Å². The van der Waals surface area contributed by atoms with Crippen molar-refractivity contribution in [3.63, 3.8) is 0 Å². The van der Waals surface area contributed by atoms with Crippen LogP contribution in [0.3, 0.4) is 0 Å². The highest BCUT2D eigenvalue weighted by molar-refractivity contribution is 7.89. The van der Waals surface area contributed by atoms with Gasteiger partial charge in [-0.3, -0.25) is 0 Å². The summed E-state index contributed by atoms with van der Waals surface area (Å²) in [6.45, 7) is 0. The van der Waals surface area contributed by atoms with E-state index in [-0.39, 0.29) is 10.6 Å². The number of hydrogen-bond donors (Lipinski definition) is 1. The van der Waals surface area contributed by atoms with E-state index < -0.39 is 10.0 Å². The Morgan fingerprint density at radius 3 is 2.11 bits per heavy atom. The van der Waals surface area contributed by atoms with Crippen LogP contribution in [0, 0.1) is 4.91 Å². The van der Waals surface area contributed by atoms with Crippen molar-refractivity contribution in [1.29, 1.82) is 0 Å². The molecule has 0 radical (unpaired) electrons. The third-order valence-electron chi connectivity index (χ3n) is 2.48. The van der Waals surface area contributed by atoms with Crippen molar-refractivity contribution in [2.75, 3.05) is 0 Å². The van der Waals surface area contributed by atoms with E-state index in [1.807, 2.05) is 0 Å². The van der Waals surface area contributed by atoms with Crippen LogP contribution in [0.1, 0.15) is 0 Å².